The van der Waals surface area contributed by atoms with E-state index in [4.69, 9.17) is 0 Å². The average molecular weight is 320 g/mol. The molecular weight excluding hydrogens is 304 g/mol. The van der Waals surface area contributed by atoms with Crippen molar-refractivity contribution >= 4 is 32.3 Å². The summed E-state index contributed by atoms with van der Waals surface area (Å²) in [6.07, 6.45) is 2.73. The smallest absolute Gasteiger partial charge is 0.250 e. The van der Waals surface area contributed by atoms with Crippen LogP contribution in [0.25, 0.3) is 10.9 Å². The molecule has 0 amide bonds. The van der Waals surface area contributed by atoms with E-state index in [1.807, 2.05) is 19.2 Å². The fraction of sp³-hybridized carbons (Fsp3) is 0.200. The first-order valence-corrected chi connectivity index (χ1v) is 9.00. The number of benzene rings is 1. The Bertz CT molecular complexity index is 849. The lowest BCUT2D eigenvalue weighted by atomic mass is 10.1. The fourth-order valence-corrected chi connectivity index (χ4v) is 4.50. The molecule has 21 heavy (non-hydrogen) atoms. The zero-order chi connectivity index (χ0) is 14.9. The van der Waals surface area contributed by atoms with E-state index < -0.39 is 10.0 Å². The minimum Gasteiger partial charge on any atom is -0.350 e. The maximum atomic E-state index is 12.0. The highest BCUT2D eigenvalue weighted by Gasteiger charge is 2.14. The van der Waals surface area contributed by atoms with Gasteiger partial charge in [-0.3, -0.25) is 0 Å². The molecule has 0 aliphatic carbocycles. The molecule has 0 saturated carbocycles. The van der Waals surface area contributed by atoms with E-state index in [0.717, 1.165) is 11.1 Å². The summed E-state index contributed by atoms with van der Waals surface area (Å²) in [5, 5.41) is 2.94. The number of sulfonamides is 1. The second-order valence-corrected chi connectivity index (χ2v) is 7.80. The Morgan fingerprint density at radius 1 is 1.19 bits per heavy atom. The molecule has 0 aliphatic rings. The molecule has 4 nitrogen and oxygen atoms in total. The Kier molecular flexibility index (Phi) is 3.84. The van der Waals surface area contributed by atoms with Gasteiger partial charge in [0.1, 0.15) is 4.21 Å². The quantitative estimate of drug-likeness (QED) is 0.786. The molecule has 3 aromatic rings. The van der Waals surface area contributed by atoms with Crippen LogP contribution in [-0.2, 0) is 23.5 Å². The van der Waals surface area contributed by atoms with E-state index in [2.05, 4.69) is 27.6 Å². The first kappa shape index (κ1) is 14.3. The molecule has 0 bridgehead atoms. The highest BCUT2D eigenvalue weighted by atomic mass is 32.2. The van der Waals surface area contributed by atoms with Gasteiger partial charge in [-0.25, -0.2) is 13.1 Å². The Morgan fingerprint density at radius 3 is 2.76 bits per heavy atom. The molecule has 110 valence electrons. The third-order valence-electron chi connectivity index (χ3n) is 3.43. The van der Waals surface area contributed by atoms with Crippen molar-refractivity contribution in [1.82, 2.24) is 9.29 Å². The minimum absolute atomic E-state index is 0.361. The standard InChI is InChI=1S/C15H16N2O2S2/c1-17-11-12(13-5-2-3-6-14(13)17)8-9-16-21(18,19)15-7-4-10-20-15/h2-7,10-11,16H,8-9H2,1H3. The molecule has 3 rings (SSSR count). The van der Waals surface area contributed by atoms with E-state index in [-0.39, 0.29) is 0 Å². The van der Waals surface area contributed by atoms with Crippen LogP contribution < -0.4 is 4.72 Å². The molecule has 6 heteroatoms. The van der Waals surface area contributed by atoms with Crippen molar-refractivity contribution in [2.75, 3.05) is 6.54 Å². The number of para-hydroxylation sites is 1. The van der Waals surface area contributed by atoms with Gasteiger partial charge in [0.15, 0.2) is 0 Å². The molecule has 0 radical (unpaired) electrons. The van der Waals surface area contributed by atoms with E-state index in [9.17, 15) is 8.42 Å². The summed E-state index contributed by atoms with van der Waals surface area (Å²) >= 11 is 1.23. The lowest BCUT2D eigenvalue weighted by molar-refractivity contribution is 0.584. The van der Waals surface area contributed by atoms with Crippen molar-refractivity contribution in [3.05, 3.63) is 53.5 Å². The van der Waals surface area contributed by atoms with Gasteiger partial charge in [-0.15, -0.1) is 11.3 Å². The summed E-state index contributed by atoms with van der Waals surface area (Å²) in [6.45, 7) is 0.397. The number of rotatable bonds is 5. The van der Waals surface area contributed by atoms with Crippen LogP contribution >= 0.6 is 11.3 Å². The Morgan fingerprint density at radius 2 is 2.00 bits per heavy atom. The highest BCUT2D eigenvalue weighted by molar-refractivity contribution is 7.91. The molecule has 1 aromatic carbocycles. The largest absolute Gasteiger partial charge is 0.350 e. The normalized spacial score (nSPS) is 12.0. The van der Waals surface area contributed by atoms with Gasteiger partial charge in [0.2, 0.25) is 10.0 Å². The van der Waals surface area contributed by atoms with Crippen LogP contribution in [0.4, 0.5) is 0 Å². The zero-order valence-electron chi connectivity index (χ0n) is 11.6. The third kappa shape index (κ3) is 2.88. The first-order valence-electron chi connectivity index (χ1n) is 6.64. The maximum absolute atomic E-state index is 12.0. The van der Waals surface area contributed by atoms with E-state index >= 15 is 0 Å². The van der Waals surface area contributed by atoms with E-state index in [0.29, 0.717) is 17.2 Å². The van der Waals surface area contributed by atoms with Crippen molar-refractivity contribution < 1.29 is 8.42 Å². The van der Waals surface area contributed by atoms with Crippen LogP contribution in [0.1, 0.15) is 5.56 Å². The summed E-state index contributed by atoms with van der Waals surface area (Å²) < 4.78 is 29.2. The first-order chi connectivity index (χ1) is 10.1. The Balaban J connectivity index is 1.73. The fourth-order valence-electron chi connectivity index (χ4n) is 2.43. The van der Waals surface area contributed by atoms with E-state index in [1.165, 1.54) is 16.7 Å². The summed E-state index contributed by atoms with van der Waals surface area (Å²) in [5.74, 6) is 0. The molecule has 2 aromatic heterocycles. The second-order valence-electron chi connectivity index (χ2n) is 4.86. The number of hydrogen-bond acceptors (Lipinski definition) is 3. The van der Waals surface area contributed by atoms with Gasteiger partial charge in [-0.2, -0.15) is 0 Å². The summed E-state index contributed by atoms with van der Waals surface area (Å²) in [6, 6.07) is 11.5. The zero-order valence-corrected chi connectivity index (χ0v) is 13.2. The van der Waals surface area contributed by atoms with Gasteiger partial charge in [0.05, 0.1) is 0 Å². The van der Waals surface area contributed by atoms with Crippen molar-refractivity contribution in [1.29, 1.82) is 0 Å². The second kappa shape index (κ2) is 5.63. The van der Waals surface area contributed by atoms with Gasteiger partial charge in [-0.1, -0.05) is 24.3 Å². The lowest BCUT2D eigenvalue weighted by Crippen LogP contribution is -2.25. The van der Waals surface area contributed by atoms with Crippen molar-refractivity contribution in [2.45, 2.75) is 10.6 Å². The van der Waals surface area contributed by atoms with Crippen molar-refractivity contribution in [3.8, 4) is 0 Å². The molecular formula is C15H16N2O2S2. The average Bonchev–Trinajstić information content (AvgIpc) is 3.09. The number of nitrogens with zero attached hydrogens (tertiary/aromatic N) is 1. The summed E-state index contributed by atoms with van der Waals surface area (Å²) in [4.78, 5) is 0. The molecule has 2 heterocycles. The lowest BCUT2D eigenvalue weighted by Gasteiger charge is -2.04. The maximum Gasteiger partial charge on any atom is 0.250 e. The van der Waals surface area contributed by atoms with Gasteiger partial charge in [-0.05, 0) is 29.5 Å². The molecule has 1 N–H and O–H groups in total. The van der Waals surface area contributed by atoms with Crippen LogP contribution in [-0.4, -0.2) is 19.5 Å². The van der Waals surface area contributed by atoms with Gasteiger partial charge >= 0.3 is 0 Å². The van der Waals surface area contributed by atoms with Crippen LogP contribution in [0.5, 0.6) is 0 Å². The number of aromatic nitrogens is 1. The van der Waals surface area contributed by atoms with Crippen LogP contribution in [0.3, 0.4) is 0 Å². The summed E-state index contributed by atoms with van der Waals surface area (Å²) in [7, 11) is -1.37. The molecule has 0 aliphatic heterocycles. The molecule has 0 saturated heterocycles. The number of hydrogen-bond donors (Lipinski definition) is 1. The Hall–Kier alpha value is -1.63. The molecule has 0 unspecified atom stereocenters. The highest BCUT2D eigenvalue weighted by Crippen LogP contribution is 2.21. The SMILES string of the molecule is Cn1cc(CCNS(=O)(=O)c2cccs2)c2ccccc21. The van der Waals surface area contributed by atoms with Gasteiger partial charge in [0, 0.05) is 30.7 Å². The molecule has 0 fully saturated rings. The minimum atomic E-state index is -3.37. The molecule has 0 spiro atoms. The van der Waals surface area contributed by atoms with Crippen LogP contribution in [0, 0.1) is 0 Å². The molecule has 0 atom stereocenters. The predicted octanol–water partition coefficient (Wildman–Crippen LogP) is 2.76. The monoisotopic (exact) mass is 320 g/mol. The topological polar surface area (TPSA) is 51.1 Å². The van der Waals surface area contributed by atoms with Crippen LogP contribution in [0.2, 0.25) is 0 Å². The predicted molar refractivity (Wildman–Crippen MR) is 86.1 cm³/mol. The number of fused-ring (bicyclic) bond motifs is 1. The van der Waals surface area contributed by atoms with Crippen LogP contribution in [0.15, 0.2) is 52.2 Å². The van der Waals surface area contributed by atoms with Gasteiger partial charge in [0.25, 0.3) is 0 Å². The number of nitrogens with one attached hydrogen (secondary N) is 1. The van der Waals surface area contributed by atoms with Crippen molar-refractivity contribution in [3.63, 3.8) is 0 Å². The van der Waals surface area contributed by atoms with Gasteiger partial charge < -0.3 is 4.57 Å². The third-order valence-corrected chi connectivity index (χ3v) is 6.28. The van der Waals surface area contributed by atoms with Crippen molar-refractivity contribution in [2.24, 2.45) is 7.05 Å². The number of thiophene rings is 1. The Labute approximate surface area is 128 Å². The van der Waals surface area contributed by atoms with E-state index in [1.54, 1.807) is 17.5 Å². The summed E-state index contributed by atoms with van der Waals surface area (Å²) in [5.41, 5.74) is 2.32. The number of aryl methyl sites for hydroxylation is 1.